The van der Waals surface area contributed by atoms with Crippen LogP contribution in [0.15, 0.2) is 229 Å². The number of furan rings is 1. The number of anilines is 3. The standard InChI is InChI=1S/C56H37NO/c1-3-15-39(16-4-1)46-34-31-44(35-50(46)41-17-5-2-6-18-41)38-29-32-45(33-30-38)57(52-27-13-22-40-19-9-10-23-47(40)52)53-26-12-11-24-48(53)49-25-14-28-54-56(49)51-36-42-20-7-8-21-43(42)37-55(51)58-54/h1-37H. The number of benzene rings is 10. The fraction of sp³-hybridized carbons (Fsp3) is 0. The average molecular weight is 740 g/mol. The minimum absolute atomic E-state index is 0.881. The predicted octanol–water partition coefficient (Wildman–Crippen LogP) is 16.0. The lowest BCUT2D eigenvalue weighted by Crippen LogP contribution is -2.11. The molecule has 0 amide bonds. The highest BCUT2D eigenvalue weighted by Crippen LogP contribution is 2.47. The molecule has 2 heteroatoms. The van der Waals surface area contributed by atoms with E-state index in [1.165, 1.54) is 49.4 Å². The molecular weight excluding hydrogens is 703 g/mol. The second-order valence-electron chi connectivity index (χ2n) is 14.9. The Hall–Kier alpha value is -7.68. The van der Waals surface area contributed by atoms with Crippen molar-refractivity contribution in [3.05, 3.63) is 224 Å². The van der Waals surface area contributed by atoms with E-state index in [0.29, 0.717) is 0 Å². The van der Waals surface area contributed by atoms with Gasteiger partial charge in [0.2, 0.25) is 0 Å². The summed E-state index contributed by atoms with van der Waals surface area (Å²) in [5.74, 6) is 0. The molecule has 0 aliphatic heterocycles. The maximum atomic E-state index is 6.56. The van der Waals surface area contributed by atoms with E-state index < -0.39 is 0 Å². The summed E-state index contributed by atoms with van der Waals surface area (Å²) in [6, 6.07) is 80.7. The molecule has 1 aromatic heterocycles. The maximum Gasteiger partial charge on any atom is 0.136 e. The average Bonchev–Trinajstić information content (AvgIpc) is 3.67. The normalized spacial score (nSPS) is 11.4. The van der Waals surface area contributed by atoms with E-state index in [9.17, 15) is 0 Å². The van der Waals surface area contributed by atoms with Crippen LogP contribution in [-0.2, 0) is 0 Å². The molecule has 1 heterocycles. The Kier molecular flexibility index (Phi) is 8.19. The largest absolute Gasteiger partial charge is 0.456 e. The van der Waals surface area contributed by atoms with E-state index in [2.05, 4.69) is 229 Å². The smallest absolute Gasteiger partial charge is 0.136 e. The van der Waals surface area contributed by atoms with Crippen molar-refractivity contribution in [3.8, 4) is 44.5 Å². The second-order valence-corrected chi connectivity index (χ2v) is 14.9. The molecular formula is C56H37NO. The van der Waals surface area contributed by atoms with Crippen molar-refractivity contribution in [2.75, 3.05) is 4.90 Å². The molecule has 0 unspecified atom stereocenters. The van der Waals surface area contributed by atoms with E-state index in [4.69, 9.17) is 4.42 Å². The second kappa shape index (κ2) is 14.1. The van der Waals surface area contributed by atoms with Gasteiger partial charge in [0.05, 0.1) is 11.4 Å². The summed E-state index contributed by atoms with van der Waals surface area (Å²) in [6.07, 6.45) is 0. The van der Waals surface area contributed by atoms with Crippen LogP contribution in [0.25, 0.3) is 88.0 Å². The lowest BCUT2D eigenvalue weighted by atomic mass is 9.91. The van der Waals surface area contributed by atoms with Gasteiger partial charge in [0.1, 0.15) is 11.2 Å². The third kappa shape index (κ3) is 5.82. The summed E-state index contributed by atoms with van der Waals surface area (Å²) < 4.78 is 6.56. The van der Waals surface area contributed by atoms with Crippen LogP contribution in [-0.4, -0.2) is 0 Å². The zero-order valence-corrected chi connectivity index (χ0v) is 31.7. The number of fused-ring (bicyclic) bond motifs is 5. The molecule has 0 aliphatic carbocycles. The Morgan fingerprint density at radius 3 is 1.67 bits per heavy atom. The lowest BCUT2D eigenvalue weighted by Gasteiger charge is -2.29. The maximum absolute atomic E-state index is 6.56. The van der Waals surface area contributed by atoms with Crippen LogP contribution in [0.1, 0.15) is 0 Å². The van der Waals surface area contributed by atoms with Crippen LogP contribution in [0, 0.1) is 0 Å². The van der Waals surface area contributed by atoms with E-state index in [1.807, 2.05) is 0 Å². The molecule has 11 aromatic rings. The van der Waals surface area contributed by atoms with E-state index >= 15 is 0 Å². The monoisotopic (exact) mass is 739 g/mol. The zero-order valence-electron chi connectivity index (χ0n) is 31.7. The van der Waals surface area contributed by atoms with Gasteiger partial charge < -0.3 is 9.32 Å². The van der Waals surface area contributed by atoms with Crippen molar-refractivity contribution in [3.63, 3.8) is 0 Å². The molecule has 0 saturated heterocycles. The molecule has 2 nitrogen and oxygen atoms in total. The summed E-state index contributed by atoms with van der Waals surface area (Å²) in [7, 11) is 0. The molecule has 0 atom stereocenters. The van der Waals surface area contributed by atoms with Crippen LogP contribution in [0.5, 0.6) is 0 Å². The SMILES string of the molecule is c1ccc(-c2ccc(-c3ccc(N(c4ccccc4-c4cccc5oc6cc7ccccc7cc6c45)c4cccc5ccccc45)cc3)cc2-c2ccccc2)cc1. The Labute approximate surface area is 337 Å². The first-order chi connectivity index (χ1) is 28.8. The first-order valence-corrected chi connectivity index (χ1v) is 19.8. The van der Waals surface area contributed by atoms with Crippen LogP contribution in [0.4, 0.5) is 17.1 Å². The summed E-state index contributed by atoms with van der Waals surface area (Å²) in [6.45, 7) is 0. The molecule has 58 heavy (non-hydrogen) atoms. The third-order valence-electron chi connectivity index (χ3n) is 11.5. The van der Waals surface area contributed by atoms with Crippen LogP contribution >= 0.6 is 0 Å². The van der Waals surface area contributed by atoms with Crippen molar-refractivity contribution >= 4 is 60.5 Å². The van der Waals surface area contributed by atoms with Crippen LogP contribution < -0.4 is 4.90 Å². The highest BCUT2D eigenvalue weighted by molar-refractivity contribution is 6.17. The molecule has 0 saturated carbocycles. The molecule has 0 bridgehead atoms. The third-order valence-corrected chi connectivity index (χ3v) is 11.5. The molecule has 11 rings (SSSR count). The van der Waals surface area contributed by atoms with Crippen molar-refractivity contribution < 1.29 is 4.42 Å². The van der Waals surface area contributed by atoms with Gasteiger partial charge in [-0.1, -0.05) is 176 Å². The van der Waals surface area contributed by atoms with Gasteiger partial charge in [-0.15, -0.1) is 0 Å². The quantitative estimate of drug-likeness (QED) is 0.162. The fourth-order valence-electron chi connectivity index (χ4n) is 8.70. The number of rotatable bonds is 7. The van der Waals surface area contributed by atoms with E-state index in [-0.39, 0.29) is 0 Å². The first-order valence-electron chi connectivity index (χ1n) is 19.8. The fourth-order valence-corrected chi connectivity index (χ4v) is 8.70. The molecule has 10 aromatic carbocycles. The van der Waals surface area contributed by atoms with Gasteiger partial charge in [0.15, 0.2) is 0 Å². The van der Waals surface area contributed by atoms with Crippen molar-refractivity contribution in [2.24, 2.45) is 0 Å². The Morgan fingerprint density at radius 1 is 0.293 bits per heavy atom. The molecule has 0 N–H and O–H groups in total. The molecule has 0 spiro atoms. The number of nitrogens with zero attached hydrogens (tertiary/aromatic N) is 1. The first kappa shape index (κ1) is 33.6. The Morgan fingerprint density at radius 2 is 0.879 bits per heavy atom. The van der Waals surface area contributed by atoms with E-state index in [1.54, 1.807) is 0 Å². The highest BCUT2D eigenvalue weighted by atomic mass is 16.3. The zero-order chi connectivity index (χ0) is 38.4. The molecule has 0 aliphatic rings. The van der Waals surface area contributed by atoms with Gasteiger partial charge in [-0.2, -0.15) is 0 Å². The number of para-hydroxylation sites is 1. The van der Waals surface area contributed by atoms with E-state index in [0.717, 1.165) is 55.7 Å². The van der Waals surface area contributed by atoms with Crippen LogP contribution in [0.2, 0.25) is 0 Å². The number of hydrogen-bond acceptors (Lipinski definition) is 2. The van der Waals surface area contributed by atoms with Gasteiger partial charge in [-0.05, 0) is 104 Å². The van der Waals surface area contributed by atoms with Crippen molar-refractivity contribution in [1.29, 1.82) is 0 Å². The molecule has 0 fully saturated rings. The highest BCUT2D eigenvalue weighted by Gasteiger charge is 2.22. The van der Waals surface area contributed by atoms with Gasteiger partial charge in [0.25, 0.3) is 0 Å². The summed E-state index contributed by atoms with van der Waals surface area (Å²) >= 11 is 0. The van der Waals surface area contributed by atoms with Gasteiger partial charge in [0, 0.05) is 27.4 Å². The summed E-state index contributed by atoms with van der Waals surface area (Å²) in [4.78, 5) is 2.42. The molecule has 272 valence electrons. The summed E-state index contributed by atoms with van der Waals surface area (Å²) in [5, 5.41) is 6.99. The van der Waals surface area contributed by atoms with Gasteiger partial charge in [-0.25, -0.2) is 0 Å². The lowest BCUT2D eigenvalue weighted by molar-refractivity contribution is 0.669. The minimum atomic E-state index is 0.881. The van der Waals surface area contributed by atoms with Gasteiger partial charge >= 0.3 is 0 Å². The molecule has 0 radical (unpaired) electrons. The summed E-state index contributed by atoms with van der Waals surface area (Å²) in [5.41, 5.74) is 14.5. The van der Waals surface area contributed by atoms with Crippen LogP contribution in [0.3, 0.4) is 0 Å². The Bertz CT molecular complexity index is 3270. The minimum Gasteiger partial charge on any atom is -0.456 e. The van der Waals surface area contributed by atoms with Crippen molar-refractivity contribution in [1.82, 2.24) is 0 Å². The Balaban J connectivity index is 1.08. The number of hydrogen-bond donors (Lipinski definition) is 0. The topological polar surface area (TPSA) is 16.4 Å². The van der Waals surface area contributed by atoms with Crippen molar-refractivity contribution in [2.45, 2.75) is 0 Å². The predicted molar refractivity (Wildman–Crippen MR) is 245 cm³/mol. The van der Waals surface area contributed by atoms with Gasteiger partial charge in [-0.3, -0.25) is 0 Å².